The minimum Gasteiger partial charge on any atom is -0.456 e. The predicted molar refractivity (Wildman–Crippen MR) is 92.9 cm³/mol. The van der Waals surface area contributed by atoms with Crippen LogP contribution in [0.5, 0.6) is 0 Å². The van der Waals surface area contributed by atoms with Crippen LogP contribution in [-0.2, 0) is 9.53 Å². The Hall–Kier alpha value is -2.18. The monoisotopic (exact) mass is 365 g/mol. The van der Waals surface area contributed by atoms with E-state index >= 15 is 0 Å². The highest BCUT2D eigenvalue weighted by atomic mass is 35.5. The SMILES string of the molecule is Cc1cc(C(=O)COC(=O)CNC(=O)c2ccc(Cl)cc2)c(C)s1. The van der Waals surface area contributed by atoms with Crippen molar-refractivity contribution >= 4 is 40.6 Å². The number of rotatable bonds is 6. The van der Waals surface area contributed by atoms with Crippen LogP contribution < -0.4 is 5.32 Å². The van der Waals surface area contributed by atoms with Gasteiger partial charge in [-0.2, -0.15) is 0 Å². The van der Waals surface area contributed by atoms with Gasteiger partial charge in [0.05, 0.1) is 0 Å². The molecule has 0 unspecified atom stereocenters. The lowest BCUT2D eigenvalue weighted by molar-refractivity contribution is -0.141. The Morgan fingerprint density at radius 2 is 1.83 bits per heavy atom. The number of thiophene rings is 1. The summed E-state index contributed by atoms with van der Waals surface area (Å²) < 4.78 is 4.91. The summed E-state index contributed by atoms with van der Waals surface area (Å²) in [5.74, 6) is -1.34. The van der Waals surface area contributed by atoms with Crippen molar-refractivity contribution in [2.45, 2.75) is 13.8 Å². The zero-order valence-corrected chi connectivity index (χ0v) is 14.8. The van der Waals surface area contributed by atoms with Crippen LogP contribution in [0.2, 0.25) is 5.02 Å². The molecule has 2 rings (SSSR count). The Bertz CT molecular complexity index is 767. The number of benzene rings is 1. The van der Waals surface area contributed by atoms with Gasteiger partial charge in [-0.15, -0.1) is 11.3 Å². The molecule has 0 saturated carbocycles. The lowest BCUT2D eigenvalue weighted by atomic mass is 10.2. The number of hydrogen-bond acceptors (Lipinski definition) is 5. The number of nitrogens with one attached hydrogen (secondary N) is 1. The molecule has 0 fully saturated rings. The molecule has 0 atom stereocenters. The van der Waals surface area contributed by atoms with Crippen LogP contribution in [-0.4, -0.2) is 30.8 Å². The number of esters is 1. The smallest absolute Gasteiger partial charge is 0.325 e. The number of ether oxygens (including phenoxy) is 1. The molecular weight excluding hydrogens is 350 g/mol. The summed E-state index contributed by atoms with van der Waals surface area (Å²) in [5.41, 5.74) is 0.947. The maximum atomic E-state index is 12.0. The average molecular weight is 366 g/mol. The third kappa shape index (κ3) is 4.91. The summed E-state index contributed by atoms with van der Waals surface area (Å²) >= 11 is 7.26. The van der Waals surface area contributed by atoms with Gasteiger partial charge < -0.3 is 10.1 Å². The van der Waals surface area contributed by atoms with Gasteiger partial charge >= 0.3 is 5.97 Å². The van der Waals surface area contributed by atoms with Gasteiger partial charge in [-0.25, -0.2) is 0 Å². The number of Topliss-reactive ketones (excluding diaryl/α,β-unsaturated/α-hetero) is 1. The molecule has 1 aromatic heterocycles. The first-order chi connectivity index (χ1) is 11.4. The fourth-order valence-corrected chi connectivity index (χ4v) is 3.11. The van der Waals surface area contributed by atoms with Gasteiger partial charge in [0.1, 0.15) is 6.54 Å². The van der Waals surface area contributed by atoms with E-state index in [2.05, 4.69) is 5.32 Å². The minimum atomic E-state index is -0.671. The number of ketones is 1. The summed E-state index contributed by atoms with van der Waals surface area (Å²) in [4.78, 5) is 37.4. The summed E-state index contributed by atoms with van der Waals surface area (Å²) in [6, 6.07) is 8.04. The van der Waals surface area contributed by atoms with Gasteiger partial charge in [0.2, 0.25) is 5.78 Å². The van der Waals surface area contributed by atoms with Gasteiger partial charge in [0, 0.05) is 25.9 Å². The predicted octanol–water partition coefficient (Wildman–Crippen LogP) is 3.17. The Morgan fingerprint density at radius 3 is 2.42 bits per heavy atom. The molecule has 1 amide bonds. The average Bonchev–Trinajstić information content (AvgIpc) is 2.89. The van der Waals surface area contributed by atoms with Crippen LogP contribution in [0.4, 0.5) is 0 Å². The minimum absolute atomic E-state index is 0.255. The third-order valence-corrected chi connectivity index (χ3v) is 4.42. The first-order valence-electron chi connectivity index (χ1n) is 7.16. The van der Waals surface area contributed by atoms with E-state index in [1.54, 1.807) is 30.3 Å². The summed E-state index contributed by atoms with van der Waals surface area (Å²) in [6.45, 7) is 3.11. The largest absolute Gasteiger partial charge is 0.456 e. The summed E-state index contributed by atoms with van der Waals surface area (Å²) in [5, 5.41) is 2.95. The normalized spacial score (nSPS) is 10.3. The summed E-state index contributed by atoms with van der Waals surface area (Å²) in [6.07, 6.45) is 0. The van der Waals surface area contributed by atoms with Crippen molar-refractivity contribution in [2.75, 3.05) is 13.2 Å². The van der Waals surface area contributed by atoms with E-state index in [9.17, 15) is 14.4 Å². The second kappa shape index (κ2) is 8.08. The zero-order valence-electron chi connectivity index (χ0n) is 13.2. The molecule has 1 N–H and O–H groups in total. The van der Waals surface area contributed by atoms with Gasteiger partial charge in [-0.05, 0) is 44.2 Å². The molecule has 0 spiro atoms. The van der Waals surface area contributed by atoms with E-state index in [0.29, 0.717) is 16.1 Å². The van der Waals surface area contributed by atoms with Crippen molar-refractivity contribution in [3.63, 3.8) is 0 Å². The van der Waals surface area contributed by atoms with Crippen molar-refractivity contribution < 1.29 is 19.1 Å². The van der Waals surface area contributed by atoms with E-state index in [1.807, 2.05) is 13.8 Å². The highest BCUT2D eigenvalue weighted by molar-refractivity contribution is 7.12. The van der Waals surface area contributed by atoms with E-state index in [0.717, 1.165) is 9.75 Å². The summed E-state index contributed by atoms with van der Waals surface area (Å²) in [7, 11) is 0. The van der Waals surface area contributed by atoms with Crippen LogP contribution in [0.3, 0.4) is 0 Å². The van der Waals surface area contributed by atoms with Crippen LogP contribution in [0.25, 0.3) is 0 Å². The van der Waals surface area contributed by atoms with Crippen molar-refractivity contribution in [3.8, 4) is 0 Å². The maximum Gasteiger partial charge on any atom is 0.325 e. The lowest BCUT2D eigenvalue weighted by Crippen LogP contribution is -2.31. The first-order valence-corrected chi connectivity index (χ1v) is 8.36. The second-order valence-electron chi connectivity index (χ2n) is 5.10. The number of halogens is 1. The molecule has 7 heteroatoms. The Labute approximate surface area is 148 Å². The molecule has 2 aromatic rings. The van der Waals surface area contributed by atoms with E-state index in [1.165, 1.54) is 11.3 Å². The van der Waals surface area contributed by atoms with Crippen LogP contribution in [0.1, 0.15) is 30.5 Å². The molecule has 0 aliphatic carbocycles. The molecule has 0 aliphatic rings. The molecule has 0 saturated heterocycles. The highest BCUT2D eigenvalue weighted by Gasteiger charge is 2.15. The molecule has 0 aliphatic heterocycles. The standard InChI is InChI=1S/C17H16ClNO4S/c1-10-7-14(11(2)24-10)15(20)9-23-16(21)8-19-17(22)12-3-5-13(18)6-4-12/h3-7H,8-9H2,1-2H3,(H,19,22). The van der Waals surface area contributed by atoms with Crippen LogP contribution in [0.15, 0.2) is 30.3 Å². The third-order valence-electron chi connectivity index (χ3n) is 3.21. The van der Waals surface area contributed by atoms with Crippen molar-refractivity contribution in [1.29, 1.82) is 0 Å². The molecule has 1 heterocycles. The Morgan fingerprint density at radius 1 is 1.17 bits per heavy atom. The molecule has 0 radical (unpaired) electrons. The number of carbonyl (C=O) groups is 3. The molecule has 0 bridgehead atoms. The lowest BCUT2D eigenvalue weighted by Gasteiger charge is -2.06. The molecule has 24 heavy (non-hydrogen) atoms. The van der Waals surface area contributed by atoms with Crippen LogP contribution in [0, 0.1) is 13.8 Å². The second-order valence-corrected chi connectivity index (χ2v) is 7.00. The molecular formula is C17H16ClNO4S. The van der Waals surface area contributed by atoms with Gasteiger partial charge in [0.25, 0.3) is 5.91 Å². The number of aryl methyl sites for hydroxylation is 2. The molecule has 5 nitrogen and oxygen atoms in total. The van der Waals surface area contributed by atoms with Crippen molar-refractivity contribution in [1.82, 2.24) is 5.32 Å². The molecule has 1 aromatic carbocycles. The number of amides is 1. The van der Waals surface area contributed by atoms with Gasteiger partial charge in [-0.1, -0.05) is 11.6 Å². The van der Waals surface area contributed by atoms with Gasteiger partial charge in [0.15, 0.2) is 6.61 Å². The quantitative estimate of drug-likeness (QED) is 0.630. The van der Waals surface area contributed by atoms with E-state index in [-0.39, 0.29) is 18.9 Å². The first kappa shape index (κ1) is 18.2. The Kier molecular flexibility index (Phi) is 6.11. The number of hydrogen-bond donors (Lipinski definition) is 1. The van der Waals surface area contributed by atoms with Crippen molar-refractivity contribution in [3.05, 3.63) is 56.2 Å². The Balaban J connectivity index is 1.79. The fraction of sp³-hybridized carbons (Fsp3) is 0.235. The van der Waals surface area contributed by atoms with E-state index < -0.39 is 11.9 Å². The number of carbonyl (C=O) groups excluding carboxylic acids is 3. The van der Waals surface area contributed by atoms with Gasteiger partial charge in [-0.3, -0.25) is 14.4 Å². The molecule has 126 valence electrons. The van der Waals surface area contributed by atoms with Crippen LogP contribution >= 0.6 is 22.9 Å². The topological polar surface area (TPSA) is 72.5 Å². The highest BCUT2D eigenvalue weighted by Crippen LogP contribution is 2.20. The fourth-order valence-electron chi connectivity index (χ4n) is 2.04. The zero-order chi connectivity index (χ0) is 17.7. The maximum absolute atomic E-state index is 12.0. The van der Waals surface area contributed by atoms with E-state index in [4.69, 9.17) is 16.3 Å². The van der Waals surface area contributed by atoms with Crippen molar-refractivity contribution in [2.24, 2.45) is 0 Å².